The fourth-order valence-corrected chi connectivity index (χ4v) is 2.70. The molecule has 1 fully saturated rings. The van der Waals surface area contributed by atoms with Gasteiger partial charge in [0, 0.05) is 16.8 Å². The van der Waals surface area contributed by atoms with E-state index >= 15 is 0 Å². The SMILES string of the molecule is Cc1ccc(N)c(C(=O)c2cccc(C3CCC3)c2)c1. The van der Waals surface area contributed by atoms with Crippen LogP contribution < -0.4 is 5.73 Å². The zero-order chi connectivity index (χ0) is 14.1. The van der Waals surface area contributed by atoms with Crippen LogP contribution in [-0.2, 0) is 0 Å². The van der Waals surface area contributed by atoms with Crippen LogP contribution in [0.2, 0.25) is 0 Å². The molecule has 3 rings (SSSR count). The Labute approximate surface area is 119 Å². The lowest BCUT2D eigenvalue weighted by molar-refractivity contribution is 0.103. The number of benzene rings is 2. The van der Waals surface area contributed by atoms with Crippen molar-refractivity contribution in [3.63, 3.8) is 0 Å². The Bertz CT molecular complexity index is 656. The fourth-order valence-electron chi connectivity index (χ4n) is 2.70. The van der Waals surface area contributed by atoms with Crippen LogP contribution in [0.15, 0.2) is 42.5 Å². The van der Waals surface area contributed by atoms with Crippen molar-refractivity contribution in [1.82, 2.24) is 0 Å². The summed E-state index contributed by atoms with van der Waals surface area (Å²) in [7, 11) is 0. The Kier molecular flexibility index (Phi) is 3.31. The van der Waals surface area contributed by atoms with E-state index in [2.05, 4.69) is 6.07 Å². The average Bonchev–Trinajstić information content (AvgIpc) is 2.39. The van der Waals surface area contributed by atoms with Gasteiger partial charge in [0.1, 0.15) is 0 Å². The number of nitrogen functional groups attached to an aromatic ring is 1. The lowest BCUT2D eigenvalue weighted by Crippen LogP contribution is -2.11. The minimum absolute atomic E-state index is 0.0207. The average molecular weight is 265 g/mol. The van der Waals surface area contributed by atoms with E-state index in [4.69, 9.17) is 5.73 Å². The van der Waals surface area contributed by atoms with Crippen LogP contribution in [0.25, 0.3) is 0 Å². The van der Waals surface area contributed by atoms with Gasteiger partial charge in [-0.1, -0.05) is 36.2 Å². The van der Waals surface area contributed by atoms with Gasteiger partial charge in [0.05, 0.1) is 0 Å². The summed E-state index contributed by atoms with van der Waals surface area (Å²) in [5, 5.41) is 0. The molecular weight excluding hydrogens is 246 g/mol. The van der Waals surface area contributed by atoms with E-state index < -0.39 is 0 Å². The zero-order valence-electron chi connectivity index (χ0n) is 11.7. The molecule has 2 aromatic carbocycles. The first-order chi connectivity index (χ1) is 9.65. The molecule has 2 nitrogen and oxygen atoms in total. The van der Waals surface area contributed by atoms with E-state index in [1.165, 1.54) is 24.8 Å². The van der Waals surface area contributed by atoms with Crippen molar-refractivity contribution >= 4 is 11.5 Å². The molecule has 0 saturated heterocycles. The number of aryl methyl sites for hydroxylation is 1. The predicted octanol–water partition coefficient (Wildman–Crippen LogP) is 4.08. The van der Waals surface area contributed by atoms with Gasteiger partial charge in [-0.15, -0.1) is 0 Å². The van der Waals surface area contributed by atoms with Gasteiger partial charge in [0.2, 0.25) is 0 Å². The van der Waals surface area contributed by atoms with Crippen molar-refractivity contribution in [1.29, 1.82) is 0 Å². The van der Waals surface area contributed by atoms with Crippen LogP contribution in [-0.4, -0.2) is 5.78 Å². The molecule has 0 heterocycles. The summed E-state index contributed by atoms with van der Waals surface area (Å²) >= 11 is 0. The Morgan fingerprint density at radius 3 is 2.65 bits per heavy atom. The van der Waals surface area contributed by atoms with Crippen molar-refractivity contribution in [3.05, 3.63) is 64.7 Å². The third kappa shape index (κ3) is 2.34. The molecular formula is C18H19NO. The Balaban J connectivity index is 1.95. The van der Waals surface area contributed by atoms with Gasteiger partial charge in [-0.05, 0) is 49.4 Å². The Morgan fingerprint density at radius 2 is 1.95 bits per heavy atom. The Hall–Kier alpha value is -2.09. The zero-order valence-corrected chi connectivity index (χ0v) is 11.7. The second-order valence-corrected chi connectivity index (χ2v) is 5.67. The second-order valence-electron chi connectivity index (χ2n) is 5.67. The lowest BCUT2D eigenvalue weighted by atomic mass is 9.79. The first-order valence-electron chi connectivity index (χ1n) is 7.16. The highest BCUT2D eigenvalue weighted by Crippen LogP contribution is 2.36. The highest BCUT2D eigenvalue weighted by Gasteiger charge is 2.21. The minimum atomic E-state index is 0.0207. The molecule has 0 aromatic heterocycles. The summed E-state index contributed by atoms with van der Waals surface area (Å²) < 4.78 is 0. The van der Waals surface area contributed by atoms with Crippen LogP contribution in [0, 0.1) is 6.92 Å². The number of hydrogen-bond donors (Lipinski definition) is 1. The van der Waals surface area contributed by atoms with Crippen LogP contribution in [0.1, 0.15) is 52.2 Å². The van der Waals surface area contributed by atoms with E-state index in [1.54, 1.807) is 6.07 Å². The highest BCUT2D eigenvalue weighted by atomic mass is 16.1. The number of carbonyl (C=O) groups excluding carboxylic acids is 1. The summed E-state index contributed by atoms with van der Waals surface area (Å²) in [5.74, 6) is 0.657. The molecule has 0 spiro atoms. The molecule has 2 heteroatoms. The molecule has 0 amide bonds. The molecule has 0 atom stereocenters. The number of carbonyl (C=O) groups is 1. The maximum atomic E-state index is 12.6. The van der Waals surface area contributed by atoms with E-state index in [-0.39, 0.29) is 5.78 Å². The summed E-state index contributed by atoms with van der Waals surface area (Å²) in [5.41, 5.74) is 10.2. The summed E-state index contributed by atoms with van der Waals surface area (Å²) in [4.78, 5) is 12.6. The van der Waals surface area contributed by atoms with Gasteiger partial charge < -0.3 is 5.73 Å². The number of anilines is 1. The van der Waals surface area contributed by atoms with Gasteiger partial charge in [-0.25, -0.2) is 0 Å². The molecule has 0 aliphatic heterocycles. The highest BCUT2D eigenvalue weighted by molar-refractivity contribution is 6.12. The first-order valence-corrected chi connectivity index (χ1v) is 7.16. The van der Waals surface area contributed by atoms with E-state index in [0.717, 1.165) is 11.1 Å². The molecule has 2 N–H and O–H groups in total. The number of nitrogens with two attached hydrogens (primary N) is 1. The van der Waals surface area contributed by atoms with Gasteiger partial charge in [0.25, 0.3) is 0 Å². The van der Waals surface area contributed by atoms with Gasteiger partial charge in [0.15, 0.2) is 5.78 Å². The van der Waals surface area contributed by atoms with E-state index in [0.29, 0.717) is 17.2 Å². The summed E-state index contributed by atoms with van der Waals surface area (Å²) in [6.45, 7) is 1.97. The van der Waals surface area contributed by atoms with Crippen LogP contribution in [0.4, 0.5) is 5.69 Å². The monoisotopic (exact) mass is 265 g/mol. The number of rotatable bonds is 3. The molecule has 0 radical (unpaired) electrons. The maximum Gasteiger partial charge on any atom is 0.195 e. The van der Waals surface area contributed by atoms with Crippen molar-refractivity contribution < 1.29 is 4.79 Å². The van der Waals surface area contributed by atoms with Crippen molar-refractivity contribution in [2.45, 2.75) is 32.1 Å². The summed E-state index contributed by atoms with van der Waals surface area (Å²) in [6, 6.07) is 13.6. The Morgan fingerprint density at radius 1 is 1.15 bits per heavy atom. The molecule has 0 bridgehead atoms. The van der Waals surface area contributed by atoms with Gasteiger partial charge >= 0.3 is 0 Å². The third-order valence-corrected chi connectivity index (χ3v) is 4.18. The molecule has 0 unspecified atom stereocenters. The second kappa shape index (κ2) is 5.12. The van der Waals surface area contributed by atoms with Crippen molar-refractivity contribution in [3.8, 4) is 0 Å². The topological polar surface area (TPSA) is 43.1 Å². The lowest BCUT2D eigenvalue weighted by Gasteiger charge is -2.26. The largest absolute Gasteiger partial charge is 0.398 e. The van der Waals surface area contributed by atoms with E-state index in [1.807, 2.05) is 37.3 Å². The van der Waals surface area contributed by atoms with Gasteiger partial charge in [-0.3, -0.25) is 4.79 Å². The molecule has 1 saturated carbocycles. The minimum Gasteiger partial charge on any atom is -0.398 e. The van der Waals surface area contributed by atoms with Crippen molar-refractivity contribution in [2.75, 3.05) is 5.73 Å². The number of ketones is 1. The smallest absolute Gasteiger partial charge is 0.195 e. The van der Waals surface area contributed by atoms with E-state index in [9.17, 15) is 4.79 Å². The van der Waals surface area contributed by atoms with Gasteiger partial charge in [-0.2, -0.15) is 0 Å². The standard InChI is InChI=1S/C18H19NO/c1-12-8-9-17(19)16(10-12)18(20)15-7-3-6-14(11-15)13-4-2-5-13/h3,6-11,13H,2,4-5,19H2,1H3. The number of hydrogen-bond acceptors (Lipinski definition) is 2. The molecule has 1 aliphatic rings. The molecule has 102 valence electrons. The van der Waals surface area contributed by atoms with Crippen LogP contribution in [0.5, 0.6) is 0 Å². The molecule has 20 heavy (non-hydrogen) atoms. The van der Waals surface area contributed by atoms with Crippen LogP contribution >= 0.6 is 0 Å². The van der Waals surface area contributed by atoms with Crippen LogP contribution in [0.3, 0.4) is 0 Å². The first kappa shape index (κ1) is 12.9. The summed E-state index contributed by atoms with van der Waals surface area (Å²) in [6.07, 6.45) is 3.78. The third-order valence-electron chi connectivity index (χ3n) is 4.18. The molecule has 1 aliphatic carbocycles. The quantitative estimate of drug-likeness (QED) is 0.671. The fraction of sp³-hybridized carbons (Fsp3) is 0.278. The molecule has 2 aromatic rings. The maximum absolute atomic E-state index is 12.6. The predicted molar refractivity (Wildman–Crippen MR) is 82.1 cm³/mol. The van der Waals surface area contributed by atoms with Crippen molar-refractivity contribution in [2.24, 2.45) is 0 Å². The normalized spacial score (nSPS) is 14.8.